The molecule has 18 heavy (non-hydrogen) atoms. The topological polar surface area (TPSA) is 41.3 Å². The van der Waals surface area contributed by atoms with Crippen molar-refractivity contribution in [1.29, 1.82) is 0 Å². The summed E-state index contributed by atoms with van der Waals surface area (Å²) in [6, 6.07) is 6.03. The minimum atomic E-state index is -0.408. The molecule has 1 saturated heterocycles. The second kappa shape index (κ2) is 4.71. The summed E-state index contributed by atoms with van der Waals surface area (Å²) in [7, 11) is 1.98. The third-order valence-corrected chi connectivity index (χ3v) is 3.76. The molecule has 1 unspecified atom stereocenters. The lowest BCUT2D eigenvalue weighted by atomic mass is 10.1. The van der Waals surface area contributed by atoms with Gasteiger partial charge in [0, 0.05) is 13.6 Å². The first-order valence-electron chi connectivity index (χ1n) is 6.55. The van der Waals surface area contributed by atoms with Crippen LogP contribution in [0.5, 0.6) is 0 Å². The molecule has 96 valence electrons. The number of hydrogen-bond acceptors (Lipinski definition) is 3. The van der Waals surface area contributed by atoms with Gasteiger partial charge in [0.1, 0.15) is 0 Å². The number of likely N-dealkylation sites (tertiary alicyclic amines) is 1. The van der Waals surface area contributed by atoms with Gasteiger partial charge in [0.25, 0.3) is 0 Å². The smallest absolute Gasteiger partial charge is 0.0955 e. The van der Waals surface area contributed by atoms with Crippen LogP contribution in [0.1, 0.15) is 24.5 Å². The second-order valence-corrected chi connectivity index (χ2v) is 5.13. The van der Waals surface area contributed by atoms with Crippen molar-refractivity contribution in [2.75, 3.05) is 19.6 Å². The summed E-state index contributed by atoms with van der Waals surface area (Å²) in [5, 5.41) is 10.3. The number of fused-ring (bicyclic) bond motifs is 1. The van der Waals surface area contributed by atoms with Crippen molar-refractivity contribution in [1.82, 2.24) is 14.5 Å². The van der Waals surface area contributed by atoms with Gasteiger partial charge in [-0.25, -0.2) is 4.98 Å². The van der Waals surface area contributed by atoms with Gasteiger partial charge in [0.2, 0.25) is 0 Å². The molecule has 4 heteroatoms. The fourth-order valence-electron chi connectivity index (χ4n) is 2.68. The number of aliphatic hydroxyl groups excluding tert-OH is 1. The number of aromatic nitrogens is 2. The zero-order chi connectivity index (χ0) is 12.5. The van der Waals surface area contributed by atoms with Crippen molar-refractivity contribution < 1.29 is 5.11 Å². The van der Waals surface area contributed by atoms with E-state index in [1.165, 1.54) is 12.8 Å². The van der Waals surface area contributed by atoms with Crippen LogP contribution in [-0.4, -0.2) is 39.2 Å². The minimum Gasteiger partial charge on any atom is -0.387 e. The van der Waals surface area contributed by atoms with E-state index in [1.807, 2.05) is 29.8 Å². The van der Waals surface area contributed by atoms with E-state index in [9.17, 15) is 5.11 Å². The van der Waals surface area contributed by atoms with Crippen LogP contribution in [-0.2, 0) is 7.05 Å². The van der Waals surface area contributed by atoms with Crippen molar-refractivity contribution in [3.8, 4) is 0 Å². The van der Waals surface area contributed by atoms with E-state index in [4.69, 9.17) is 0 Å². The van der Waals surface area contributed by atoms with Crippen molar-refractivity contribution in [3.05, 3.63) is 30.1 Å². The van der Waals surface area contributed by atoms with E-state index in [0.717, 1.165) is 36.2 Å². The molecular formula is C14H19N3O. The van der Waals surface area contributed by atoms with Gasteiger partial charge in [0.15, 0.2) is 0 Å². The van der Waals surface area contributed by atoms with Gasteiger partial charge >= 0.3 is 0 Å². The predicted octanol–water partition coefficient (Wildman–Crippen LogP) is 1.70. The average molecular weight is 245 g/mol. The van der Waals surface area contributed by atoms with Gasteiger partial charge in [-0.05, 0) is 43.6 Å². The maximum Gasteiger partial charge on any atom is 0.0955 e. The van der Waals surface area contributed by atoms with E-state index in [0.29, 0.717) is 0 Å². The van der Waals surface area contributed by atoms with Crippen LogP contribution >= 0.6 is 0 Å². The van der Waals surface area contributed by atoms with Gasteiger partial charge in [0.05, 0.1) is 23.5 Å². The number of imidazole rings is 1. The molecule has 1 N–H and O–H groups in total. The molecule has 0 saturated carbocycles. The summed E-state index contributed by atoms with van der Waals surface area (Å²) in [5.41, 5.74) is 3.02. The van der Waals surface area contributed by atoms with E-state index in [1.54, 1.807) is 6.33 Å². The standard InChI is InChI=1S/C14H19N3O/c1-16-10-15-12-8-11(4-5-13(12)16)14(18)9-17-6-2-3-7-17/h4-5,8,10,14,18H,2-3,6-7,9H2,1H3. The highest BCUT2D eigenvalue weighted by Crippen LogP contribution is 2.21. The normalized spacial score (nSPS) is 18.6. The van der Waals surface area contributed by atoms with Gasteiger partial charge in [-0.1, -0.05) is 6.07 Å². The number of aliphatic hydroxyl groups is 1. The van der Waals surface area contributed by atoms with Crippen LogP contribution in [0.15, 0.2) is 24.5 Å². The molecule has 0 amide bonds. The molecule has 0 radical (unpaired) electrons. The van der Waals surface area contributed by atoms with E-state index < -0.39 is 6.10 Å². The Morgan fingerprint density at radius 1 is 1.33 bits per heavy atom. The van der Waals surface area contributed by atoms with Gasteiger partial charge in [-0.15, -0.1) is 0 Å². The van der Waals surface area contributed by atoms with Gasteiger partial charge < -0.3 is 14.6 Å². The molecule has 2 heterocycles. The Morgan fingerprint density at radius 3 is 2.89 bits per heavy atom. The Hall–Kier alpha value is -1.39. The first-order valence-corrected chi connectivity index (χ1v) is 6.55. The molecule has 0 bridgehead atoms. The molecule has 1 atom stereocenters. The van der Waals surface area contributed by atoms with Crippen LogP contribution in [0.3, 0.4) is 0 Å². The monoisotopic (exact) mass is 245 g/mol. The highest BCUT2D eigenvalue weighted by molar-refractivity contribution is 5.76. The number of benzene rings is 1. The molecular weight excluding hydrogens is 226 g/mol. The number of β-amino-alcohol motifs (C(OH)–C–C–N with tert-alkyl or cyclic N) is 1. The second-order valence-electron chi connectivity index (χ2n) is 5.13. The van der Waals surface area contributed by atoms with Crippen LogP contribution in [0.25, 0.3) is 11.0 Å². The molecule has 1 aromatic heterocycles. The predicted molar refractivity (Wildman–Crippen MR) is 71.3 cm³/mol. The number of aryl methyl sites for hydroxylation is 1. The first-order chi connectivity index (χ1) is 8.74. The Bertz CT molecular complexity index is 543. The van der Waals surface area contributed by atoms with Crippen molar-refractivity contribution in [3.63, 3.8) is 0 Å². The molecule has 0 spiro atoms. The van der Waals surface area contributed by atoms with Crippen molar-refractivity contribution >= 4 is 11.0 Å². The third-order valence-electron chi connectivity index (χ3n) is 3.76. The summed E-state index contributed by atoms with van der Waals surface area (Å²) in [5.74, 6) is 0. The van der Waals surface area contributed by atoms with Crippen molar-refractivity contribution in [2.45, 2.75) is 18.9 Å². The zero-order valence-electron chi connectivity index (χ0n) is 10.7. The molecule has 0 aliphatic carbocycles. The zero-order valence-corrected chi connectivity index (χ0v) is 10.7. The highest BCUT2D eigenvalue weighted by atomic mass is 16.3. The highest BCUT2D eigenvalue weighted by Gasteiger charge is 2.17. The van der Waals surface area contributed by atoms with E-state index >= 15 is 0 Å². The lowest BCUT2D eigenvalue weighted by Crippen LogP contribution is -2.25. The van der Waals surface area contributed by atoms with E-state index in [2.05, 4.69) is 9.88 Å². The maximum atomic E-state index is 10.3. The Balaban J connectivity index is 1.80. The fraction of sp³-hybridized carbons (Fsp3) is 0.500. The van der Waals surface area contributed by atoms with Gasteiger partial charge in [-0.3, -0.25) is 0 Å². The molecule has 1 aromatic carbocycles. The van der Waals surface area contributed by atoms with E-state index in [-0.39, 0.29) is 0 Å². The molecule has 3 rings (SSSR count). The molecule has 2 aromatic rings. The largest absolute Gasteiger partial charge is 0.387 e. The molecule has 1 aliphatic rings. The SMILES string of the molecule is Cn1cnc2cc(C(O)CN3CCCC3)ccc21. The first kappa shape index (κ1) is 11.7. The average Bonchev–Trinajstić information content (AvgIpc) is 2.99. The Labute approximate surface area is 107 Å². The Kier molecular flexibility index (Phi) is 3.06. The summed E-state index contributed by atoms with van der Waals surface area (Å²) < 4.78 is 1.99. The number of rotatable bonds is 3. The molecule has 1 fully saturated rings. The van der Waals surface area contributed by atoms with Gasteiger partial charge in [-0.2, -0.15) is 0 Å². The summed E-state index contributed by atoms with van der Waals surface area (Å²) in [4.78, 5) is 6.66. The van der Waals surface area contributed by atoms with Crippen LogP contribution in [0, 0.1) is 0 Å². The quantitative estimate of drug-likeness (QED) is 0.895. The third kappa shape index (κ3) is 2.13. The van der Waals surface area contributed by atoms with Crippen LogP contribution in [0.2, 0.25) is 0 Å². The summed E-state index contributed by atoms with van der Waals surface area (Å²) >= 11 is 0. The lowest BCUT2D eigenvalue weighted by molar-refractivity contribution is 0.126. The molecule has 1 aliphatic heterocycles. The minimum absolute atomic E-state index is 0.408. The summed E-state index contributed by atoms with van der Waals surface area (Å²) in [6.07, 6.45) is 3.91. The Morgan fingerprint density at radius 2 is 2.11 bits per heavy atom. The van der Waals surface area contributed by atoms with Crippen molar-refractivity contribution in [2.24, 2.45) is 7.05 Å². The number of hydrogen-bond donors (Lipinski definition) is 1. The lowest BCUT2D eigenvalue weighted by Gasteiger charge is -2.19. The van der Waals surface area contributed by atoms with Crippen LogP contribution in [0.4, 0.5) is 0 Å². The summed E-state index contributed by atoms with van der Waals surface area (Å²) in [6.45, 7) is 2.96. The molecule has 4 nitrogen and oxygen atoms in total. The maximum absolute atomic E-state index is 10.3. The van der Waals surface area contributed by atoms with Crippen LogP contribution < -0.4 is 0 Å². The fourth-order valence-corrected chi connectivity index (χ4v) is 2.68. The number of nitrogens with zero attached hydrogens (tertiary/aromatic N) is 3.